The molecular weight excluding hydrogens is 931 g/mol. The third-order valence-electron chi connectivity index (χ3n) is 16.6. The van der Waals surface area contributed by atoms with Crippen LogP contribution in [0.3, 0.4) is 0 Å². The van der Waals surface area contributed by atoms with E-state index < -0.39 is 0 Å². The molecule has 1 aliphatic rings. The summed E-state index contributed by atoms with van der Waals surface area (Å²) in [6.45, 7) is 0. The Morgan fingerprint density at radius 1 is 0.273 bits per heavy atom. The van der Waals surface area contributed by atoms with E-state index in [4.69, 9.17) is 0 Å². The van der Waals surface area contributed by atoms with E-state index in [0.717, 1.165) is 17.8 Å². The van der Waals surface area contributed by atoms with Gasteiger partial charge in [0.1, 0.15) is 0 Å². The molecule has 0 aliphatic heterocycles. The Morgan fingerprint density at radius 2 is 0.649 bits per heavy atom. The Morgan fingerprint density at radius 3 is 1.13 bits per heavy atom. The highest BCUT2D eigenvalue weighted by Crippen LogP contribution is 2.45. The second kappa shape index (κ2) is 17.3. The molecule has 3 nitrogen and oxygen atoms in total. The molecule has 3 heterocycles. The van der Waals surface area contributed by atoms with Gasteiger partial charge in [-0.2, -0.15) is 0 Å². The lowest BCUT2D eigenvalue weighted by molar-refractivity contribution is 0.851. The molecule has 0 radical (unpaired) electrons. The van der Waals surface area contributed by atoms with Crippen molar-refractivity contribution in [3.63, 3.8) is 0 Å². The van der Waals surface area contributed by atoms with Crippen molar-refractivity contribution in [3.05, 3.63) is 285 Å². The van der Waals surface area contributed by atoms with Crippen LogP contribution in [0.15, 0.2) is 279 Å². The number of nitrogens with zero attached hydrogens (tertiary/aromatic N) is 3. The predicted octanol–water partition coefficient (Wildman–Crippen LogP) is 19.9. The Labute approximate surface area is 445 Å². The van der Waals surface area contributed by atoms with Gasteiger partial charge in [0, 0.05) is 55.3 Å². The third-order valence-corrected chi connectivity index (χ3v) is 16.6. The maximum atomic E-state index is 2.47. The summed E-state index contributed by atoms with van der Waals surface area (Å²) in [5.74, 6) is 0.239. The van der Waals surface area contributed by atoms with Gasteiger partial charge in [0.25, 0.3) is 0 Å². The molecule has 16 rings (SSSR count). The zero-order valence-electron chi connectivity index (χ0n) is 42.2. The van der Waals surface area contributed by atoms with Crippen LogP contribution < -0.4 is 0 Å². The molecule has 0 amide bonds. The number of allylic oxidation sites excluding steroid dienone is 4. The molecule has 1 atom stereocenters. The van der Waals surface area contributed by atoms with Crippen LogP contribution in [0.5, 0.6) is 0 Å². The van der Waals surface area contributed by atoms with Crippen LogP contribution >= 0.6 is 0 Å². The van der Waals surface area contributed by atoms with Gasteiger partial charge in [-0.3, -0.25) is 0 Å². The normalized spacial score (nSPS) is 13.8. The minimum Gasteiger partial charge on any atom is -0.310 e. The van der Waals surface area contributed by atoms with E-state index in [1.807, 2.05) is 0 Å². The molecule has 1 unspecified atom stereocenters. The average Bonchev–Trinajstić information content (AvgIpc) is 4.15. The van der Waals surface area contributed by atoms with Gasteiger partial charge >= 0.3 is 0 Å². The summed E-state index contributed by atoms with van der Waals surface area (Å²) in [6.07, 6.45) is 8.10. The van der Waals surface area contributed by atoms with Crippen molar-refractivity contribution in [1.29, 1.82) is 0 Å². The van der Waals surface area contributed by atoms with Gasteiger partial charge in [-0.05, 0) is 146 Å². The van der Waals surface area contributed by atoms with Crippen molar-refractivity contribution in [1.82, 2.24) is 13.7 Å². The molecule has 12 aromatic carbocycles. The largest absolute Gasteiger partial charge is 0.310 e. The molecule has 3 heteroatoms. The molecule has 0 N–H and O–H groups in total. The fraction of sp³-hybridized carbons (Fsp3) is 0.0270. The first-order valence-corrected chi connectivity index (χ1v) is 26.9. The van der Waals surface area contributed by atoms with Crippen LogP contribution in [0.1, 0.15) is 17.9 Å². The van der Waals surface area contributed by atoms with Gasteiger partial charge in [0.15, 0.2) is 0 Å². The summed E-state index contributed by atoms with van der Waals surface area (Å²) in [5, 5.41) is 12.6. The summed E-state index contributed by atoms with van der Waals surface area (Å²) < 4.78 is 7.30. The molecular formula is C74H49N3. The van der Waals surface area contributed by atoms with E-state index in [2.05, 4.69) is 293 Å². The number of hydrogen-bond donors (Lipinski definition) is 0. The number of benzene rings is 12. The fourth-order valence-electron chi connectivity index (χ4n) is 13.1. The van der Waals surface area contributed by atoms with Crippen LogP contribution in [0.25, 0.3) is 137 Å². The Balaban J connectivity index is 0.820. The number of aromatic nitrogens is 3. The minimum atomic E-state index is 0.239. The van der Waals surface area contributed by atoms with Gasteiger partial charge in [-0.1, -0.05) is 200 Å². The van der Waals surface area contributed by atoms with E-state index in [0.29, 0.717) is 0 Å². The molecule has 15 aromatic rings. The zero-order valence-corrected chi connectivity index (χ0v) is 42.2. The molecule has 0 fully saturated rings. The third kappa shape index (κ3) is 6.77. The molecule has 0 spiro atoms. The van der Waals surface area contributed by atoms with Crippen LogP contribution in [0.2, 0.25) is 0 Å². The van der Waals surface area contributed by atoms with E-state index in [9.17, 15) is 0 Å². The molecule has 0 bridgehead atoms. The van der Waals surface area contributed by atoms with Crippen molar-refractivity contribution in [2.45, 2.75) is 12.3 Å². The lowest BCUT2D eigenvalue weighted by atomic mass is 9.86. The number of rotatable bonds is 7. The van der Waals surface area contributed by atoms with Crippen LogP contribution in [-0.4, -0.2) is 13.7 Å². The summed E-state index contributed by atoms with van der Waals surface area (Å²) in [7, 11) is 0. The molecule has 0 saturated carbocycles. The Kier molecular flexibility index (Phi) is 9.77. The van der Waals surface area contributed by atoms with E-state index in [1.165, 1.54) is 132 Å². The van der Waals surface area contributed by atoms with E-state index in [-0.39, 0.29) is 5.92 Å². The number of para-hydroxylation sites is 4. The maximum Gasteiger partial charge on any atom is 0.0541 e. The topological polar surface area (TPSA) is 14.8 Å². The summed E-state index contributed by atoms with van der Waals surface area (Å²) in [4.78, 5) is 0. The number of hydrogen-bond acceptors (Lipinski definition) is 0. The number of fused-ring (bicyclic) bond motifs is 11. The van der Waals surface area contributed by atoms with Gasteiger partial charge in [0.05, 0.1) is 33.1 Å². The highest BCUT2D eigenvalue weighted by molar-refractivity contribution is 6.21. The zero-order chi connectivity index (χ0) is 50.6. The smallest absolute Gasteiger partial charge is 0.0541 e. The molecule has 1 aliphatic carbocycles. The van der Waals surface area contributed by atoms with Crippen molar-refractivity contribution >= 4 is 92.7 Å². The minimum absolute atomic E-state index is 0.239. The van der Waals surface area contributed by atoms with E-state index >= 15 is 0 Å². The summed E-state index contributed by atoms with van der Waals surface area (Å²) >= 11 is 0. The quantitative estimate of drug-likeness (QED) is 0.141. The second-order valence-corrected chi connectivity index (χ2v) is 20.7. The molecule has 77 heavy (non-hydrogen) atoms. The van der Waals surface area contributed by atoms with Crippen molar-refractivity contribution in [2.75, 3.05) is 0 Å². The lowest BCUT2D eigenvalue weighted by Crippen LogP contribution is -2.03. The van der Waals surface area contributed by atoms with Crippen LogP contribution in [-0.2, 0) is 0 Å². The summed E-state index contributed by atoms with van der Waals surface area (Å²) in [6, 6.07) is 96.4. The fourth-order valence-corrected chi connectivity index (χ4v) is 13.1. The second-order valence-electron chi connectivity index (χ2n) is 20.7. The highest BCUT2D eigenvalue weighted by atomic mass is 15.0. The lowest BCUT2D eigenvalue weighted by Gasteiger charge is -2.19. The van der Waals surface area contributed by atoms with Gasteiger partial charge < -0.3 is 13.7 Å². The van der Waals surface area contributed by atoms with Crippen molar-refractivity contribution in [3.8, 4) is 44.8 Å². The van der Waals surface area contributed by atoms with Crippen LogP contribution in [0.4, 0.5) is 0 Å². The monoisotopic (exact) mass is 979 g/mol. The van der Waals surface area contributed by atoms with Crippen molar-refractivity contribution in [2.24, 2.45) is 0 Å². The predicted molar refractivity (Wildman–Crippen MR) is 327 cm³/mol. The van der Waals surface area contributed by atoms with E-state index in [1.54, 1.807) is 0 Å². The van der Waals surface area contributed by atoms with Crippen molar-refractivity contribution < 1.29 is 0 Å². The summed E-state index contributed by atoms with van der Waals surface area (Å²) in [5.41, 5.74) is 19.5. The molecule has 3 aromatic heterocycles. The van der Waals surface area contributed by atoms with Gasteiger partial charge in [0.2, 0.25) is 0 Å². The Bertz CT molecular complexity index is 4760. The standard InChI is InChI=1S/C74H49N3/c1-2-16-50(17-3-1)73-61-22-4-6-24-63(61)74(64-25-7-5-23-62(64)73)51-34-42-56(43-35-51)77-71-44-36-52(48-30-38-54(39-31-48)75-67-26-12-8-18-57(67)58-19-9-13-27-68(58)75)46-65(71)66-47-53(37-45-72(66)77)49-32-40-55(41-33-49)76-69-28-14-10-20-59(69)60-21-11-15-29-70(60)76/h1-32,34-47,49H,33H2. The highest BCUT2D eigenvalue weighted by Gasteiger charge is 2.22. The maximum absolute atomic E-state index is 2.47. The first-order valence-electron chi connectivity index (χ1n) is 26.9. The molecule has 0 saturated heterocycles. The first-order chi connectivity index (χ1) is 38.2. The molecule has 360 valence electrons. The average molecular weight is 980 g/mol. The van der Waals surface area contributed by atoms with Gasteiger partial charge in [-0.15, -0.1) is 0 Å². The van der Waals surface area contributed by atoms with Crippen LogP contribution in [0, 0.1) is 0 Å². The SMILES string of the molecule is C1=CC(c2ccc3c(c2)c2cc(-c4ccc(-n5c6ccccc6c6ccccc65)cc4)ccc2n3-c2ccc(-c3c4ccccc4c(-c4ccccc4)c4ccccc34)cc2)CC=C1n1c2ccccc2c2ccccc21. The first kappa shape index (κ1) is 43.4. The Hall–Kier alpha value is -9.96. The van der Waals surface area contributed by atoms with Gasteiger partial charge in [-0.25, -0.2) is 0 Å².